The second-order valence-corrected chi connectivity index (χ2v) is 6.83. The minimum Gasteiger partial charge on any atom is -0.326 e. The van der Waals surface area contributed by atoms with Crippen molar-refractivity contribution in [2.75, 3.05) is 4.72 Å². The molecule has 5 heteroatoms. The van der Waals surface area contributed by atoms with Gasteiger partial charge in [-0.2, -0.15) is 0 Å². The van der Waals surface area contributed by atoms with Crippen LogP contribution in [0.25, 0.3) is 0 Å². The molecule has 0 aromatic heterocycles. The fourth-order valence-corrected chi connectivity index (χ4v) is 3.72. The molecule has 0 saturated heterocycles. The van der Waals surface area contributed by atoms with Crippen LogP contribution < -0.4 is 10.5 Å². The van der Waals surface area contributed by atoms with E-state index in [0.29, 0.717) is 17.8 Å². The van der Waals surface area contributed by atoms with E-state index in [2.05, 4.69) is 4.72 Å². The quantitative estimate of drug-likeness (QED) is 0.912. The highest BCUT2D eigenvalue weighted by molar-refractivity contribution is 7.92. The first-order chi connectivity index (χ1) is 9.85. The van der Waals surface area contributed by atoms with Gasteiger partial charge in [-0.1, -0.05) is 30.3 Å². The molecule has 0 atom stereocenters. The van der Waals surface area contributed by atoms with E-state index in [-0.39, 0.29) is 4.90 Å². The molecule has 21 heavy (non-hydrogen) atoms. The number of aryl methyl sites for hydroxylation is 3. The van der Waals surface area contributed by atoms with Gasteiger partial charge >= 0.3 is 0 Å². The molecule has 0 spiro atoms. The normalized spacial score (nSPS) is 11.4. The number of rotatable bonds is 4. The summed E-state index contributed by atoms with van der Waals surface area (Å²) in [6, 6.07) is 10.9. The van der Waals surface area contributed by atoms with E-state index in [4.69, 9.17) is 5.73 Å². The van der Waals surface area contributed by atoms with Crippen LogP contribution in [0.1, 0.15) is 22.3 Å². The van der Waals surface area contributed by atoms with Crippen LogP contribution in [0, 0.1) is 20.8 Å². The van der Waals surface area contributed by atoms with Gasteiger partial charge in [0.05, 0.1) is 10.6 Å². The van der Waals surface area contributed by atoms with E-state index in [9.17, 15) is 8.42 Å². The average molecular weight is 304 g/mol. The van der Waals surface area contributed by atoms with Gasteiger partial charge in [-0.25, -0.2) is 8.42 Å². The second-order valence-electron chi connectivity index (χ2n) is 5.18. The Kier molecular flexibility index (Phi) is 4.34. The molecule has 0 radical (unpaired) electrons. The molecule has 0 aliphatic heterocycles. The maximum absolute atomic E-state index is 12.6. The van der Waals surface area contributed by atoms with Crippen LogP contribution in [0.5, 0.6) is 0 Å². The molecular weight excluding hydrogens is 284 g/mol. The zero-order chi connectivity index (χ0) is 15.6. The molecule has 0 saturated carbocycles. The van der Waals surface area contributed by atoms with Crippen molar-refractivity contribution in [1.82, 2.24) is 0 Å². The highest BCUT2D eigenvalue weighted by Gasteiger charge is 2.19. The number of benzene rings is 2. The second kappa shape index (κ2) is 5.87. The number of nitrogens with two attached hydrogens (primary N) is 1. The Morgan fingerprint density at radius 1 is 1.00 bits per heavy atom. The molecule has 4 nitrogen and oxygen atoms in total. The van der Waals surface area contributed by atoms with Crippen LogP contribution in [0.4, 0.5) is 5.69 Å². The summed E-state index contributed by atoms with van der Waals surface area (Å²) in [5, 5.41) is 0. The van der Waals surface area contributed by atoms with Crippen molar-refractivity contribution in [2.24, 2.45) is 5.73 Å². The summed E-state index contributed by atoms with van der Waals surface area (Å²) in [4.78, 5) is 0.271. The molecule has 112 valence electrons. The highest BCUT2D eigenvalue weighted by Crippen LogP contribution is 2.25. The van der Waals surface area contributed by atoms with Gasteiger partial charge in [0, 0.05) is 6.54 Å². The van der Waals surface area contributed by atoms with Crippen LogP contribution in [0.2, 0.25) is 0 Å². The van der Waals surface area contributed by atoms with E-state index in [1.54, 1.807) is 19.1 Å². The molecule has 2 aromatic carbocycles. The lowest BCUT2D eigenvalue weighted by molar-refractivity contribution is 0.600. The van der Waals surface area contributed by atoms with Gasteiger partial charge in [-0.15, -0.1) is 0 Å². The Bertz CT molecular complexity index is 748. The molecule has 0 unspecified atom stereocenters. The van der Waals surface area contributed by atoms with Crippen LogP contribution in [0.3, 0.4) is 0 Å². The van der Waals surface area contributed by atoms with Gasteiger partial charge in [0.2, 0.25) is 0 Å². The number of hydrogen-bond acceptors (Lipinski definition) is 3. The van der Waals surface area contributed by atoms with Gasteiger partial charge in [0.15, 0.2) is 0 Å². The Hall–Kier alpha value is -1.85. The lowest BCUT2D eigenvalue weighted by atomic mass is 10.1. The van der Waals surface area contributed by atoms with E-state index in [0.717, 1.165) is 16.7 Å². The molecule has 0 aliphatic rings. The third-order valence-electron chi connectivity index (χ3n) is 3.50. The van der Waals surface area contributed by atoms with E-state index in [1.165, 1.54) is 0 Å². The van der Waals surface area contributed by atoms with Crippen molar-refractivity contribution < 1.29 is 8.42 Å². The summed E-state index contributed by atoms with van der Waals surface area (Å²) in [5.41, 5.74) is 9.52. The minimum atomic E-state index is -3.63. The largest absolute Gasteiger partial charge is 0.326 e. The van der Waals surface area contributed by atoms with Gasteiger partial charge in [0.1, 0.15) is 0 Å². The zero-order valence-electron chi connectivity index (χ0n) is 12.5. The first-order valence-electron chi connectivity index (χ1n) is 6.74. The fourth-order valence-electron chi connectivity index (χ4n) is 2.23. The summed E-state index contributed by atoms with van der Waals surface area (Å²) in [5.74, 6) is 0. The van der Waals surface area contributed by atoms with E-state index < -0.39 is 10.0 Å². The van der Waals surface area contributed by atoms with Crippen molar-refractivity contribution in [3.05, 3.63) is 58.7 Å². The lowest BCUT2D eigenvalue weighted by Gasteiger charge is -2.15. The van der Waals surface area contributed by atoms with Crippen molar-refractivity contribution >= 4 is 15.7 Å². The van der Waals surface area contributed by atoms with Gasteiger partial charge < -0.3 is 5.73 Å². The number of nitrogens with one attached hydrogen (secondary N) is 1. The molecule has 3 N–H and O–H groups in total. The fraction of sp³-hybridized carbons (Fsp3) is 0.250. The first kappa shape index (κ1) is 15.5. The summed E-state index contributed by atoms with van der Waals surface area (Å²) in [6.45, 7) is 5.85. The molecular formula is C16H20N2O2S. The summed E-state index contributed by atoms with van der Waals surface area (Å²) in [7, 11) is -3.63. The number of hydrogen-bond donors (Lipinski definition) is 2. The highest BCUT2D eigenvalue weighted by atomic mass is 32.2. The zero-order valence-corrected chi connectivity index (χ0v) is 13.3. The maximum atomic E-state index is 12.6. The molecule has 0 aliphatic carbocycles. The van der Waals surface area contributed by atoms with Crippen LogP contribution in [-0.4, -0.2) is 8.42 Å². The Balaban J connectivity index is 2.48. The monoisotopic (exact) mass is 304 g/mol. The van der Waals surface area contributed by atoms with Crippen molar-refractivity contribution in [3.63, 3.8) is 0 Å². The molecule has 0 heterocycles. The number of para-hydroxylation sites is 1. The lowest BCUT2D eigenvalue weighted by Crippen LogP contribution is -2.16. The predicted molar refractivity (Wildman–Crippen MR) is 85.8 cm³/mol. The van der Waals surface area contributed by atoms with Crippen LogP contribution in [0.15, 0.2) is 41.3 Å². The Morgan fingerprint density at radius 3 is 2.19 bits per heavy atom. The number of anilines is 1. The van der Waals surface area contributed by atoms with Gasteiger partial charge in [0.25, 0.3) is 10.0 Å². The SMILES string of the molecule is Cc1ccc(CN)cc1S(=O)(=O)Nc1c(C)cccc1C. The molecule has 0 fully saturated rings. The predicted octanol–water partition coefficient (Wildman–Crippen LogP) is 2.87. The number of sulfonamides is 1. The third-order valence-corrected chi connectivity index (χ3v) is 4.99. The average Bonchev–Trinajstić information content (AvgIpc) is 2.43. The first-order valence-corrected chi connectivity index (χ1v) is 8.22. The topological polar surface area (TPSA) is 72.2 Å². The third kappa shape index (κ3) is 3.25. The van der Waals surface area contributed by atoms with Gasteiger partial charge in [-0.3, -0.25) is 4.72 Å². The Labute approximate surface area is 126 Å². The van der Waals surface area contributed by atoms with Crippen molar-refractivity contribution in [3.8, 4) is 0 Å². The molecule has 2 rings (SSSR count). The maximum Gasteiger partial charge on any atom is 0.262 e. The van der Waals surface area contributed by atoms with Crippen molar-refractivity contribution in [2.45, 2.75) is 32.2 Å². The summed E-state index contributed by atoms with van der Waals surface area (Å²) in [6.07, 6.45) is 0. The Morgan fingerprint density at radius 2 is 1.62 bits per heavy atom. The van der Waals surface area contributed by atoms with Gasteiger partial charge in [-0.05, 0) is 49.1 Å². The van der Waals surface area contributed by atoms with E-state index >= 15 is 0 Å². The smallest absolute Gasteiger partial charge is 0.262 e. The van der Waals surface area contributed by atoms with Crippen LogP contribution >= 0.6 is 0 Å². The standard InChI is InChI=1S/C16H20N2O2S/c1-11-7-8-14(10-17)9-15(11)21(19,20)18-16-12(2)5-4-6-13(16)3/h4-9,18H,10,17H2,1-3H3. The molecule has 0 bridgehead atoms. The summed E-state index contributed by atoms with van der Waals surface area (Å²) < 4.78 is 28.0. The van der Waals surface area contributed by atoms with E-state index in [1.807, 2.05) is 38.1 Å². The summed E-state index contributed by atoms with van der Waals surface area (Å²) >= 11 is 0. The minimum absolute atomic E-state index is 0.271. The molecule has 2 aromatic rings. The van der Waals surface area contributed by atoms with Crippen molar-refractivity contribution in [1.29, 1.82) is 0 Å². The molecule has 0 amide bonds. The van der Waals surface area contributed by atoms with Crippen LogP contribution in [-0.2, 0) is 16.6 Å².